The van der Waals surface area contributed by atoms with Gasteiger partial charge in [0.15, 0.2) is 0 Å². The third kappa shape index (κ3) is 1.61. The van der Waals surface area contributed by atoms with E-state index in [4.69, 9.17) is 5.11 Å². The van der Waals surface area contributed by atoms with Gasteiger partial charge in [-0.2, -0.15) is 0 Å². The van der Waals surface area contributed by atoms with E-state index in [1.165, 1.54) is 11.8 Å². The van der Waals surface area contributed by atoms with E-state index in [2.05, 4.69) is 0 Å². The first-order valence-corrected chi connectivity index (χ1v) is 5.82. The first-order chi connectivity index (χ1) is 6.61. The Morgan fingerprint density at radius 2 is 2.07 bits per heavy atom. The van der Waals surface area contributed by atoms with Crippen LogP contribution in [0.25, 0.3) is 0 Å². The van der Waals surface area contributed by atoms with Crippen molar-refractivity contribution in [2.45, 2.75) is 31.2 Å². The maximum Gasteiger partial charge on any atom is 0.327 e. The predicted molar refractivity (Wildman–Crippen MR) is 52.9 cm³/mol. The van der Waals surface area contributed by atoms with Crippen LogP contribution in [-0.2, 0) is 9.59 Å². The van der Waals surface area contributed by atoms with Gasteiger partial charge in [-0.05, 0) is 19.8 Å². The van der Waals surface area contributed by atoms with E-state index in [1.54, 1.807) is 4.90 Å². The van der Waals surface area contributed by atoms with Crippen LogP contribution in [0.1, 0.15) is 19.8 Å². The number of thioether (sulfide) groups is 1. The highest BCUT2D eigenvalue weighted by Crippen LogP contribution is 2.37. The van der Waals surface area contributed by atoms with Gasteiger partial charge in [0.2, 0.25) is 5.91 Å². The smallest absolute Gasteiger partial charge is 0.327 e. The first-order valence-electron chi connectivity index (χ1n) is 4.78. The Morgan fingerprint density at radius 3 is 2.57 bits per heavy atom. The Labute approximate surface area is 86.6 Å². The van der Waals surface area contributed by atoms with Crippen molar-refractivity contribution in [2.24, 2.45) is 5.92 Å². The van der Waals surface area contributed by atoms with E-state index in [9.17, 15) is 9.59 Å². The molecule has 1 saturated heterocycles. The fraction of sp³-hybridized carbons (Fsp3) is 0.778. The number of aliphatic carboxylic acids is 1. The Hall–Kier alpha value is -0.710. The van der Waals surface area contributed by atoms with E-state index in [0.717, 1.165) is 12.8 Å². The SMILES string of the molecule is CC1SCC(C(=O)O)N1C(=O)C1CC1. The van der Waals surface area contributed by atoms with Crippen molar-refractivity contribution < 1.29 is 14.7 Å². The van der Waals surface area contributed by atoms with Crippen molar-refractivity contribution in [3.8, 4) is 0 Å². The molecule has 4 nitrogen and oxygen atoms in total. The number of nitrogens with zero attached hydrogens (tertiary/aromatic N) is 1. The molecule has 1 aliphatic heterocycles. The number of hydrogen-bond donors (Lipinski definition) is 1. The zero-order valence-electron chi connectivity index (χ0n) is 7.97. The summed E-state index contributed by atoms with van der Waals surface area (Å²) in [6.45, 7) is 1.90. The quantitative estimate of drug-likeness (QED) is 0.739. The average molecular weight is 215 g/mol. The summed E-state index contributed by atoms with van der Waals surface area (Å²) in [7, 11) is 0. The molecular formula is C9H13NO3S. The molecule has 0 spiro atoms. The largest absolute Gasteiger partial charge is 0.480 e. The average Bonchev–Trinajstić information content (AvgIpc) is 2.88. The third-order valence-corrected chi connectivity index (χ3v) is 3.91. The minimum atomic E-state index is -0.879. The summed E-state index contributed by atoms with van der Waals surface area (Å²) in [5, 5.41) is 8.96. The summed E-state index contributed by atoms with van der Waals surface area (Å²) in [6.07, 6.45) is 1.86. The number of carbonyl (C=O) groups excluding carboxylic acids is 1. The number of carboxylic acids is 1. The van der Waals surface area contributed by atoms with Crippen molar-refractivity contribution in [1.29, 1.82) is 0 Å². The maximum atomic E-state index is 11.8. The lowest BCUT2D eigenvalue weighted by Gasteiger charge is -2.24. The minimum absolute atomic E-state index is 0.0178. The van der Waals surface area contributed by atoms with Crippen LogP contribution in [0.2, 0.25) is 0 Å². The van der Waals surface area contributed by atoms with Crippen LogP contribution in [0.5, 0.6) is 0 Å². The molecule has 14 heavy (non-hydrogen) atoms. The van der Waals surface area contributed by atoms with E-state index in [0.29, 0.717) is 5.75 Å². The van der Waals surface area contributed by atoms with Crippen LogP contribution in [0, 0.1) is 5.92 Å². The summed E-state index contributed by atoms with van der Waals surface area (Å²) in [6, 6.07) is -0.608. The van der Waals surface area contributed by atoms with E-state index >= 15 is 0 Å². The van der Waals surface area contributed by atoms with Crippen molar-refractivity contribution in [2.75, 3.05) is 5.75 Å². The molecule has 1 heterocycles. The van der Waals surface area contributed by atoms with Crippen molar-refractivity contribution in [3.05, 3.63) is 0 Å². The van der Waals surface area contributed by atoms with Gasteiger partial charge in [0.1, 0.15) is 6.04 Å². The second-order valence-corrected chi connectivity index (χ2v) is 5.16. The highest BCUT2D eigenvalue weighted by molar-refractivity contribution is 8.00. The summed E-state index contributed by atoms with van der Waals surface area (Å²) >= 11 is 1.54. The normalized spacial score (nSPS) is 31.9. The summed E-state index contributed by atoms with van der Waals surface area (Å²) in [4.78, 5) is 24.2. The lowest BCUT2D eigenvalue weighted by atomic mass is 10.2. The predicted octanol–water partition coefficient (Wildman–Crippen LogP) is 0.771. The van der Waals surface area contributed by atoms with Gasteiger partial charge in [0.25, 0.3) is 0 Å². The Bertz CT molecular complexity index is 277. The first kappa shape index (κ1) is 9.83. The lowest BCUT2D eigenvalue weighted by Crippen LogP contribution is -2.45. The molecule has 5 heteroatoms. The van der Waals surface area contributed by atoms with Crippen molar-refractivity contribution >= 4 is 23.6 Å². The molecule has 2 aliphatic rings. The lowest BCUT2D eigenvalue weighted by molar-refractivity contribution is -0.149. The number of rotatable bonds is 2. The van der Waals surface area contributed by atoms with Gasteiger partial charge >= 0.3 is 5.97 Å². The topological polar surface area (TPSA) is 57.6 Å². The Balaban J connectivity index is 2.11. The fourth-order valence-electron chi connectivity index (χ4n) is 1.71. The molecule has 1 aliphatic carbocycles. The van der Waals surface area contributed by atoms with E-state index in [1.807, 2.05) is 6.92 Å². The zero-order valence-corrected chi connectivity index (χ0v) is 8.79. The molecular weight excluding hydrogens is 202 g/mol. The molecule has 1 saturated carbocycles. The molecule has 2 fully saturated rings. The van der Waals surface area contributed by atoms with E-state index in [-0.39, 0.29) is 17.2 Å². The Kier molecular flexibility index (Phi) is 2.43. The molecule has 0 aromatic rings. The molecule has 1 amide bonds. The molecule has 0 radical (unpaired) electrons. The number of amides is 1. The molecule has 2 atom stereocenters. The second kappa shape index (κ2) is 3.46. The van der Waals surface area contributed by atoms with Gasteiger partial charge < -0.3 is 10.0 Å². The summed E-state index contributed by atoms with van der Waals surface area (Å²) in [5.74, 6) is -0.210. The zero-order chi connectivity index (χ0) is 10.3. The van der Waals surface area contributed by atoms with Crippen LogP contribution >= 0.6 is 11.8 Å². The summed E-state index contributed by atoms with van der Waals surface area (Å²) in [5.41, 5.74) is 0. The van der Waals surface area contributed by atoms with Gasteiger partial charge in [-0.15, -0.1) is 11.8 Å². The monoisotopic (exact) mass is 215 g/mol. The number of hydrogen-bond acceptors (Lipinski definition) is 3. The fourth-order valence-corrected chi connectivity index (χ4v) is 2.88. The summed E-state index contributed by atoms with van der Waals surface area (Å²) < 4.78 is 0. The third-order valence-electron chi connectivity index (χ3n) is 2.69. The van der Waals surface area contributed by atoms with Crippen molar-refractivity contribution in [1.82, 2.24) is 4.90 Å². The Morgan fingerprint density at radius 1 is 1.43 bits per heavy atom. The second-order valence-electron chi connectivity index (χ2n) is 3.81. The molecule has 0 aromatic carbocycles. The van der Waals surface area contributed by atoms with Crippen LogP contribution < -0.4 is 0 Å². The minimum Gasteiger partial charge on any atom is -0.480 e. The highest BCUT2D eigenvalue weighted by atomic mass is 32.2. The molecule has 0 aromatic heterocycles. The van der Waals surface area contributed by atoms with Gasteiger partial charge in [-0.3, -0.25) is 4.79 Å². The molecule has 2 rings (SSSR count). The maximum absolute atomic E-state index is 11.8. The van der Waals surface area contributed by atoms with Crippen LogP contribution in [0.3, 0.4) is 0 Å². The van der Waals surface area contributed by atoms with Gasteiger partial charge in [-0.25, -0.2) is 4.79 Å². The molecule has 78 valence electrons. The number of carbonyl (C=O) groups is 2. The number of carboxylic acid groups (broad SMARTS) is 1. The van der Waals surface area contributed by atoms with Crippen LogP contribution in [0.4, 0.5) is 0 Å². The van der Waals surface area contributed by atoms with Gasteiger partial charge in [-0.1, -0.05) is 0 Å². The van der Waals surface area contributed by atoms with Gasteiger partial charge in [0.05, 0.1) is 5.37 Å². The standard InChI is InChI=1S/C9H13NO3S/c1-5-10(8(11)6-2-3-6)7(4-14-5)9(12)13/h5-7H,2-4H2,1H3,(H,12,13). The highest BCUT2D eigenvalue weighted by Gasteiger charge is 2.44. The van der Waals surface area contributed by atoms with Crippen LogP contribution in [0.15, 0.2) is 0 Å². The van der Waals surface area contributed by atoms with Crippen molar-refractivity contribution in [3.63, 3.8) is 0 Å². The molecule has 1 N–H and O–H groups in total. The van der Waals surface area contributed by atoms with Crippen LogP contribution in [-0.4, -0.2) is 39.1 Å². The van der Waals surface area contributed by atoms with Gasteiger partial charge in [0, 0.05) is 11.7 Å². The molecule has 2 unspecified atom stereocenters. The molecule has 0 bridgehead atoms. The van der Waals surface area contributed by atoms with E-state index < -0.39 is 12.0 Å².